The van der Waals surface area contributed by atoms with Crippen molar-refractivity contribution in [2.45, 2.75) is 36.3 Å². The molecule has 5 heteroatoms. The van der Waals surface area contributed by atoms with Gasteiger partial charge in [0, 0.05) is 49.3 Å². The number of nitrogens with zero attached hydrogens (tertiary/aromatic N) is 2. The van der Waals surface area contributed by atoms with E-state index in [0.717, 1.165) is 58.8 Å². The lowest BCUT2D eigenvalue weighted by molar-refractivity contribution is -0.132. The monoisotopic (exact) mass is 348 g/mol. The van der Waals surface area contributed by atoms with E-state index in [1.54, 1.807) is 0 Å². The molecule has 0 radical (unpaired) electrons. The molecule has 2 aliphatic heterocycles. The van der Waals surface area contributed by atoms with Gasteiger partial charge in [-0.2, -0.15) is 0 Å². The first-order chi connectivity index (χ1) is 11.7. The summed E-state index contributed by atoms with van der Waals surface area (Å²) in [6, 6.07) is 8.58. The largest absolute Gasteiger partial charge is 0.379 e. The van der Waals surface area contributed by atoms with Crippen LogP contribution in [0.3, 0.4) is 0 Å². The fourth-order valence-electron chi connectivity index (χ4n) is 3.33. The van der Waals surface area contributed by atoms with E-state index in [2.05, 4.69) is 41.0 Å². The van der Waals surface area contributed by atoms with Crippen LogP contribution in [0.5, 0.6) is 0 Å². The number of amides is 1. The number of thioether (sulfide) groups is 1. The smallest absolute Gasteiger partial charge is 0.223 e. The molecular formula is C19H28N2O2S. The Kier molecular flexibility index (Phi) is 6.58. The van der Waals surface area contributed by atoms with Crippen LogP contribution in [0.1, 0.15) is 24.8 Å². The molecule has 3 rings (SSSR count). The maximum atomic E-state index is 12.4. The lowest BCUT2D eigenvalue weighted by Crippen LogP contribution is -2.42. The second-order valence-corrected chi connectivity index (χ2v) is 8.01. The number of rotatable bonds is 5. The number of likely N-dealkylation sites (tertiary alicyclic amines) is 1. The Morgan fingerprint density at radius 3 is 2.58 bits per heavy atom. The third-order valence-corrected chi connectivity index (χ3v) is 6.44. The van der Waals surface area contributed by atoms with Crippen LogP contribution in [0.4, 0.5) is 0 Å². The first kappa shape index (κ1) is 17.8. The number of hydrogen-bond acceptors (Lipinski definition) is 4. The quantitative estimate of drug-likeness (QED) is 0.819. The number of carbonyl (C=O) groups is 1. The summed E-state index contributed by atoms with van der Waals surface area (Å²) in [7, 11) is 0. The fraction of sp³-hybridized carbons (Fsp3) is 0.632. The van der Waals surface area contributed by atoms with Crippen LogP contribution in [-0.2, 0) is 9.53 Å². The van der Waals surface area contributed by atoms with Crippen LogP contribution in [0.2, 0.25) is 0 Å². The zero-order chi connectivity index (χ0) is 16.8. The van der Waals surface area contributed by atoms with Gasteiger partial charge in [-0.1, -0.05) is 18.2 Å². The predicted octanol–water partition coefficient (Wildman–Crippen LogP) is 2.80. The summed E-state index contributed by atoms with van der Waals surface area (Å²) in [5, 5.41) is 0.634. The van der Waals surface area contributed by atoms with Gasteiger partial charge in [0.15, 0.2) is 0 Å². The van der Waals surface area contributed by atoms with Gasteiger partial charge < -0.3 is 9.64 Å². The molecule has 2 heterocycles. The first-order valence-corrected chi connectivity index (χ1v) is 9.90. The highest BCUT2D eigenvalue weighted by atomic mass is 32.2. The second-order valence-electron chi connectivity index (χ2n) is 6.67. The van der Waals surface area contributed by atoms with Crippen molar-refractivity contribution in [3.8, 4) is 0 Å². The molecule has 0 aromatic heterocycles. The Hall–Kier alpha value is -1.04. The van der Waals surface area contributed by atoms with Gasteiger partial charge in [-0.25, -0.2) is 0 Å². The number of ether oxygens (including phenoxy) is 1. The number of aryl methyl sites for hydroxylation is 1. The van der Waals surface area contributed by atoms with Crippen LogP contribution in [0.15, 0.2) is 29.2 Å². The van der Waals surface area contributed by atoms with Gasteiger partial charge in [0.2, 0.25) is 5.91 Å². The molecule has 0 bridgehead atoms. The van der Waals surface area contributed by atoms with E-state index >= 15 is 0 Å². The summed E-state index contributed by atoms with van der Waals surface area (Å²) in [5.74, 6) is 0.320. The lowest BCUT2D eigenvalue weighted by atomic mass is 10.1. The highest BCUT2D eigenvalue weighted by molar-refractivity contribution is 8.00. The van der Waals surface area contributed by atoms with Gasteiger partial charge in [0.1, 0.15) is 0 Å². The zero-order valence-electron chi connectivity index (χ0n) is 14.6. The number of benzene rings is 1. The van der Waals surface area contributed by atoms with E-state index in [4.69, 9.17) is 4.74 Å². The SMILES string of the molecule is Cc1ccccc1SC1CCN(C(=O)CCN2CCOCC2)CC1. The van der Waals surface area contributed by atoms with Crippen molar-refractivity contribution in [2.75, 3.05) is 45.9 Å². The van der Waals surface area contributed by atoms with Gasteiger partial charge in [-0.05, 0) is 31.4 Å². The Morgan fingerprint density at radius 1 is 1.17 bits per heavy atom. The van der Waals surface area contributed by atoms with Crippen LogP contribution < -0.4 is 0 Å². The summed E-state index contributed by atoms with van der Waals surface area (Å²) in [4.78, 5) is 18.2. The topological polar surface area (TPSA) is 32.8 Å². The van der Waals surface area contributed by atoms with Crippen LogP contribution in [0.25, 0.3) is 0 Å². The molecule has 0 N–H and O–H groups in total. The lowest BCUT2D eigenvalue weighted by Gasteiger charge is -2.33. The molecule has 24 heavy (non-hydrogen) atoms. The van der Waals surface area contributed by atoms with Gasteiger partial charge in [0.05, 0.1) is 13.2 Å². The van der Waals surface area contributed by atoms with Crippen LogP contribution in [0, 0.1) is 6.92 Å². The van der Waals surface area contributed by atoms with E-state index in [9.17, 15) is 4.79 Å². The fourth-order valence-corrected chi connectivity index (χ4v) is 4.54. The molecule has 4 nitrogen and oxygen atoms in total. The molecule has 2 saturated heterocycles. The Labute approximate surface area is 149 Å². The molecule has 1 amide bonds. The summed E-state index contributed by atoms with van der Waals surface area (Å²) in [6.45, 7) is 8.39. The van der Waals surface area contributed by atoms with Crippen molar-refractivity contribution in [1.29, 1.82) is 0 Å². The predicted molar refractivity (Wildman–Crippen MR) is 98.5 cm³/mol. The molecule has 0 atom stereocenters. The molecule has 132 valence electrons. The third-order valence-electron chi connectivity index (χ3n) is 4.93. The highest BCUT2D eigenvalue weighted by Gasteiger charge is 2.24. The van der Waals surface area contributed by atoms with E-state index in [-0.39, 0.29) is 0 Å². The van der Waals surface area contributed by atoms with E-state index in [1.165, 1.54) is 10.5 Å². The maximum absolute atomic E-state index is 12.4. The molecule has 0 aliphatic carbocycles. The molecule has 2 aliphatic rings. The molecule has 0 unspecified atom stereocenters. The standard InChI is InChI=1S/C19H28N2O2S/c1-16-4-2-3-5-18(16)24-17-6-10-21(11-7-17)19(22)8-9-20-12-14-23-15-13-20/h2-5,17H,6-15H2,1H3. The maximum Gasteiger partial charge on any atom is 0.223 e. The third kappa shape index (κ3) is 4.98. The Morgan fingerprint density at radius 2 is 1.88 bits per heavy atom. The van der Waals surface area contributed by atoms with E-state index < -0.39 is 0 Å². The van der Waals surface area contributed by atoms with Crippen molar-refractivity contribution in [3.05, 3.63) is 29.8 Å². The van der Waals surface area contributed by atoms with Crippen LogP contribution >= 0.6 is 11.8 Å². The molecule has 1 aromatic carbocycles. The number of morpholine rings is 1. The van der Waals surface area contributed by atoms with Crippen molar-refractivity contribution < 1.29 is 9.53 Å². The molecule has 1 aromatic rings. The number of piperidine rings is 1. The average molecular weight is 349 g/mol. The minimum absolute atomic E-state index is 0.320. The number of hydrogen-bond donors (Lipinski definition) is 0. The van der Waals surface area contributed by atoms with Crippen molar-refractivity contribution in [1.82, 2.24) is 9.80 Å². The van der Waals surface area contributed by atoms with Gasteiger partial charge in [-0.3, -0.25) is 9.69 Å². The number of carbonyl (C=O) groups excluding carboxylic acids is 1. The van der Waals surface area contributed by atoms with Crippen molar-refractivity contribution in [2.24, 2.45) is 0 Å². The molecule has 0 saturated carbocycles. The summed E-state index contributed by atoms with van der Waals surface area (Å²) in [5.41, 5.74) is 1.35. The van der Waals surface area contributed by atoms with Crippen molar-refractivity contribution >= 4 is 17.7 Å². The van der Waals surface area contributed by atoms with Gasteiger partial charge >= 0.3 is 0 Å². The average Bonchev–Trinajstić information content (AvgIpc) is 2.63. The molecule has 0 spiro atoms. The van der Waals surface area contributed by atoms with E-state index in [1.807, 2.05) is 11.8 Å². The normalized spacial score (nSPS) is 20.3. The second kappa shape index (κ2) is 8.88. The Bertz CT molecular complexity index is 538. The van der Waals surface area contributed by atoms with Crippen LogP contribution in [-0.4, -0.2) is 66.9 Å². The minimum atomic E-state index is 0.320. The van der Waals surface area contributed by atoms with Crippen molar-refractivity contribution in [3.63, 3.8) is 0 Å². The van der Waals surface area contributed by atoms with Gasteiger partial charge in [-0.15, -0.1) is 11.8 Å². The minimum Gasteiger partial charge on any atom is -0.379 e. The Balaban J connectivity index is 1.39. The molecule has 2 fully saturated rings. The summed E-state index contributed by atoms with van der Waals surface area (Å²) in [6.07, 6.45) is 2.85. The zero-order valence-corrected chi connectivity index (χ0v) is 15.4. The van der Waals surface area contributed by atoms with E-state index in [0.29, 0.717) is 17.6 Å². The van der Waals surface area contributed by atoms with Gasteiger partial charge in [0.25, 0.3) is 0 Å². The summed E-state index contributed by atoms with van der Waals surface area (Å²) >= 11 is 1.98. The molecular weight excluding hydrogens is 320 g/mol. The highest BCUT2D eigenvalue weighted by Crippen LogP contribution is 2.32. The first-order valence-electron chi connectivity index (χ1n) is 9.02. The summed E-state index contributed by atoms with van der Waals surface area (Å²) < 4.78 is 5.35.